The molecule has 0 aromatic carbocycles. The minimum Gasteiger partial charge on any atom is -0.465 e. The van der Waals surface area contributed by atoms with Crippen molar-refractivity contribution >= 4 is 29.6 Å². The minimum absolute atomic E-state index is 0.167. The van der Waals surface area contributed by atoms with E-state index in [-0.39, 0.29) is 22.9 Å². The van der Waals surface area contributed by atoms with Crippen molar-refractivity contribution in [2.45, 2.75) is 57.3 Å². The van der Waals surface area contributed by atoms with E-state index in [4.69, 9.17) is 15.7 Å². The van der Waals surface area contributed by atoms with Crippen LogP contribution in [-0.4, -0.2) is 67.0 Å². The maximum atomic E-state index is 12.0. The Morgan fingerprint density at radius 3 is 2.52 bits per heavy atom. The van der Waals surface area contributed by atoms with Crippen LogP contribution in [0.15, 0.2) is 17.6 Å². The molecule has 3 N–H and O–H groups in total. The Labute approximate surface area is 186 Å². The SMILES string of the molecule is CSc1nc(-c2cnc(N)nc2)c2c(n1)N([C@@]1(C)CCN(C(=O)O)C1C(C)(C)C)CC2. The van der Waals surface area contributed by atoms with Crippen LogP contribution in [0.25, 0.3) is 11.3 Å². The summed E-state index contributed by atoms with van der Waals surface area (Å²) < 4.78 is 0. The molecule has 4 rings (SSSR count). The molecule has 10 heteroatoms. The number of carbonyl (C=O) groups is 1. The van der Waals surface area contributed by atoms with E-state index >= 15 is 0 Å². The first kappa shape index (κ1) is 21.6. The molecule has 1 unspecified atom stereocenters. The molecule has 31 heavy (non-hydrogen) atoms. The predicted molar refractivity (Wildman–Crippen MR) is 121 cm³/mol. The van der Waals surface area contributed by atoms with Gasteiger partial charge in [-0.25, -0.2) is 24.7 Å². The van der Waals surface area contributed by atoms with Crippen LogP contribution in [0.5, 0.6) is 0 Å². The topological polar surface area (TPSA) is 121 Å². The molecule has 1 amide bonds. The number of carboxylic acid groups (broad SMARTS) is 1. The molecule has 0 spiro atoms. The highest BCUT2D eigenvalue weighted by atomic mass is 32.2. The van der Waals surface area contributed by atoms with Gasteiger partial charge in [0.15, 0.2) is 5.16 Å². The number of nitrogens with zero attached hydrogens (tertiary/aromatic N) is 6. The van der Waals surface area contributed by atoms with Gasteiger partial charge in [0.05, 0.1) is 17.3 Å². The summed E-state index contributed by atoms with van der Waals surface area (Å²) in [5.41, 5.74) is 7.74. The first-order valence-electron chi connectivity index (χ1n) is 10.4. The van der Waals surface area contributed by atoms with Crippen LogP contribution >= 0.6 is 11.8 Å². The normalized spacial score (nSPS) is 23.3. The highest BCUT2D eigenvalue weighted by Gasteiger charge is 2.55. The molecule has 2 atom stereocenters. The number of fused-ring (bicyclic) bond motifs is 1. The Bertz CT molecular complexity index is 1010. The van der Waals surface area contributed by atoms with E-state index in [1.54, 1.807) is 17.3 Å². The van der Waals surface area contributed by atoms with E-state index < -0.39 is 6.09 Å². The van der Waals surface area contributed by atoms with Gasteiger partial charge in [-0.15, -0.1) is 0 Å². The Kier molecular flexibility index (Phi) is 5.23. The van der Waals surface area contributed by atoms with Crippen LogP contribution in [0.4, 0.5) is 16.6 Å². The van der Waals surface area contributed by atoms with Gasteiger partial charge in [0.2, 0.25) is 5.95 Å². The second kappa shape index (κ2) is 7.51. The highest BCUT2D eigenvalue weighted by Crippen LogP contribution is 2.48. The van der Waals surface area contributed by atoms with E-state index in [9.17, 15) is 9.90 Å². The number of hydrogen-bond donors (Lipinski definition) is 2. The summed E-state index contributed by atoms with van der Waals surface area (Å²) in [5, 5.41) is 10.5. The van der Waals surface area contributed by atoms with E-state index in [0.717, 1.165) is 42.0 Å². The molecule has 2 aromatic heterocycles. The first-order valence-corrected chi connectivity index (χ1v) is 11.6. The van der Waals surface area contributed by atoms with Crippen LogP contribution in [0.2, 0.25) is 0 Å². The second-order valence-corrected chi connectivity index (χ2v) is 10.2. The van der Waals surface area contributed by atoms with Gasteiger partial charge in [-0.1, -0.05) is 32.5 Å². The van der Waals surface area contributed by atoms with Gasteiger partial charge in [0.1, 0.15) is 5.82 Å². The van der Waals surface area contributed by atoms with Crippen molar-refractivity contribution in [3.05, 3.63) is 18.0 Å². The third-order valence-electron chi connectivity index (χ3n) is 6.38. The molecule has 2 aliphatic heterocycles. The predicted octanol–water partition coefficient (Wildman–Crippen LogP) is 3.16. The summed E-state index contributed by atoms with van der Waals surface area (Å²) in [6.07, 6.45) is 6.00. The first-order chi connectivity index (χ1) is 14.6. The van der Waals surface area contributed by atoms with Crippen molar-refractivity contribution in [3.63, 3.8) is 0 Å². The molecule has 0 bridgehead atoms. The zero-order valence-electron chi connectivity index (χ0n) is 18.6. The monoisotopic (exact) mass is 443 g/mol. The molecular formula is C21H29N7O2S. The van der Waals surface area contributed by atoms with Crippen LogP contribution < -0.4 is 10.6 Å². The summed E-state index contributed by atoms with van der Waals surface area (Å²) in [4.78, 5) is 33.8. The number of hydrogen-bond acceptors (Lipinski definition) is 8. The van der Waals surface area contributed by atoms with Crippen molar-refractivity contribution in [2.24, 2.45) is 5.41 Å². The van der Waals surface area contributed by atoms with Gasteiger partial charge >= 0.3 is 6.09 Å². The van der Waals surface area contributed by atoms with Crippen molar-refractivity contribution in [1.29, 1.82) is 0 Å². The van der Waals surface area contributed by atoms with E-state index in [2.05, 4.69) is 42.6 Å². The average Bonchev–Trinajstić information content (AvgIpc) is 3.29. The zero-order valence-corrected chi connectivity index (χ0v) is 19.4. The van der Waals surface area contributed by atoms with E-state index in [1.807, 2.05) is 6.26 Å². The molecule has 9 nitrogen and oxygen atoms in total. The molecule has 1 fully saturated rings. The molecule has 2 aliphatic rings. The lowest BCUT2D eigenvalue weighted by Crippen LogP contribution is -2.60. The molecule has 166 valence electrons. The van der Waals surface area contributed by atoms with Crippen LogP contribution in [0.1, 0.15) is 39.7 Å². The number of anilines is 2. The van der Waals surface area contributed by atoms with Gasteiger partial charge in [-0.2, -0.15) is 0 Å². The van der Waals surface area contributed by atoms with Crippen molar-refractivity contribution < 1.29 is 9.90 Å². The van der Waals surface area contributed by atoms with Crippen LogP contribution in [-0.2, 0) is 6.42 Å². The number of nitrogens with two attached hydrogens (primary N) is 1. The number of thioether (sulfide) groups is 1. The molecule has 4 heterocycles. The minimum atomic E-state index is -0.865. The third-order valence-corrected chi connectivity index (χ3v) is 6.92. The number of rotatable bonds is 3. The van der Waals surface area contributed by atoms with Crippen molar-refractivity contribution in [3.8, 4) is 11.3 Å². The Hall–Kier alpha value is -2.62. The summed E-state index contributed by atoms with van der Waals surface area (Å²) in [7, 11) is 0. The summed E-state index contributed by atoms with van der Waals surface area (Å²) in [6, 6.07) is -0.167. The molecule has 0 saturated carbocycles. The van der Waals surface area contributed by atoms with Crippen LogP contribution in [0.3, 0.4) is 0 Å². The summed E-state index contributed by atoms with van der Waals surface area (Å²) in [5.74, 6) is 1.11. The van der Waals surface area contributed by atoms with Gasteiger partial charge in [0.25, 0.3) is 0 Å². The molecule has 1 saturated heterocycles. The lowest BCUT2D eigenvalue weighted by molar-refractivity contribution is 0.0843. The van der Waals surface area contributed by atoms with Gasteiger partial charge < -0.3 is 20.6 Å². The fourth-order valence-electron chi connectivity index (χ4n) is 5.36. The highest BCUT2D eigenvalue weighted by molar-refractivity contribution is 7.98. The summed E-state index contributed by atoms with van der Waals surface area (Å²) >= 11 is 1.48. The van der Waals surface area contributed by atoms with Gasteiger partial charge in [-0.3, -0.25) is 0 Å². The Morgan fingerprint density at radius 1 is 1.26 bits per heavy atom. The molecular weight excluding hydrogens is 414 g/mol. The maximum absolute atomic E-state index is 12.0. The summed E-state index contributed by atoms with van der Waals surface area (Å²) in [6.45, 7) is 9.78. The number of amides is 1. The van der Waals surface area contributed by atoms with E-state index in [0.29, 0.717) is 11.7 Å². The smallest absolute Gasteiger partial charge is 0.407 e. The number of aromatic nitrogens is 4. The quantitative estimate of drug-likeness (QED) is 0.544. The maximum Gasteiger partial charge on any atom is 0.407 e. The number of likely N-dealkylation sites (tertiary alicyclic amines) is 1. The van der Waals surface area contributed by atoms with Crippen LogP contribution in [0, 0.1) is 5.41 Å². The zero-order chi connectivity index (χ0) is 22.6. The lowest BCUT2D eigenvalue weighted by atomic mass is 9.74. The second-order valence-electron chi connectivity index (χ2n) is 9.44. The lowest BCUT2D eigenvalue weighted by Gasteiger charge is -2.48. The fourth-order valence-corrected chi connectivity index (χ4v) is 5.72. The van der Waals surface area contributed by atoms with Crippen molar-refractivity contribution in [1.82, 2.24) is 24.8 Å². The fraction of sp³-hybridized carbons (Fsp3) is 0.571. The van der Waals surface area contributed by atoms with Crippen molar-refractivity contribution in [2.75, 3.05) is 30.0 Å². The van der Waals surface area contributed by atoms with E-state index in [1.165, 1.54) is 11.8 Å². The Balaban J connectivity index is 1.83. The third kappa shape index (κ3) is 3.56. The molecule has 0 aliphatic carbocycles. The number of nitrogen functional groups attached to an aromatic ring is 1. The van der Waals surface area contributed by atoms with Gasteiger partial charge in [-0.05, 0) is 31.4 Å². The largest absolute Gasteiger partial charge is 0.465 e. The average molecular weight is 444 g/mol. The van der Waals surface area contributed by atoms with Gasteiger partial charge in [0, 0.05) is 36.6 Å². The molecule has 0 radical (unpaired) electrons. The molecule has 2 aromatic rings. The standard InChI is InChI=1S/C21H29N7O2S/c1-20(2,3)16-21(4,7-9-27(16)19(29)30)28-8-6-13-14(12-10-23-17(22)24-11-12)25-18(31-5)26-15(13)28/h10-11,16H,6-9H2,1-5H3,(H,29,30)(H2,22,23,24)/t16?,21-/m0/s1. The Morgan fingerprint density at radius 2 is 1.94 bits per heavy atom.